The Balaban J connectivity index is 1.43. The zero-order valence-corrected chi connectivity index (χ0v) is 22.5. The maximum absolute atomic E-state index is 10.6. The quantitative estimate of drug-likeness (QED) is 0.112. The predicted octanol–water partition coefficient (Wildman–Crippen LogP) is -9.11. The summed E-state index contributed by atoms with van der Waals surface area (Å²) in [6.07, 6.45) is -32.5. The Hall–Kier alpha value is -0.800. The molecular formula is C23H40O20. The second-order valence-corrected chi connectivity index (χ2v) is 10.7. The van der Waals surface area contributed by atoms with Crippen LogP contribution in [0.3, 0.4) is 0 Å². The van der Waals surface area contributed by atoms with Gasteiger partial charge in [-0.15, -0.1) is 0 Å². The van der Waals surface area contributed by atoms with Crippen LogP contribution in [0.25, 0.3) is 0 Å². The minimum atomic E-state index is -1.92. The van der Waals surface area contributed by atoms with Gasteiger partial charge in [-0.1, -0.05) is 0 Å². The van der Waals surface area contributed by atoms with E-state index in [2.05, 4.69) is 0 Å². The molecule has 0 bridgehead atoms. The van der Waals surface area contributed by atoms with Crippen LogP contribution in [0.4, 0.5) is 0 Å². The van der Waals surface area contributed by atoms with E-state index in [0.29, 0.717) is 0 Å². The van der Waals surface area contributed by atoms with Gasteiger partial charge < -0.3 is 99.5 Å². The van der Waals surface area contributed by atoms with Gasteiger partial charge in [0.1, 0.15) is 91.6 Å². The Kier molecular flexibility index (Phi) is 12.0. The van der Waals surface area contributed by atoms with Crippen LogP contribution in [-0.4, -0.2) is 210 Å². The standard InChI is InChI=1S/C23H40O20/c24-1-6-10(28)12(30)16(34)21(40-6)43-19-9(27)5(26)3-37-23(19)38-4-8-11(29)13(31)17(35)22(41-8)42-18-7(2-25)39-20(36)15(33)14(18)32/h5-36H,1-4H2/t5-,6-,7-,8-,9+,10+,11-,12+,13+,14-,15-,16-,17-,18-,19-,20-,21+,22+,23-/m1/s1. The van der Waals surface area contributed by atoms with Gasteiger partial charge in [0.25, 0.3) is 0 Å². The average Bonchev–Trinajstić information content (AvgIpc) is 2.99. The van der Waals surface area contributed by atoms with Crippen LogP contribution < -0.4 is 0 Å². The first kappa shape index (κ1) is 35.1. The normalized spacial score (nSPS) is 53.1. The van der Waals surface area contributed by atoms with E-state index in [1.807, 2.05) is 0 Å². The predicted molar refractivity (Wildman–Crippen MR) is 128 cm³/mol. The summed E-state index contributed by atoms with van der Waals surface area (Å²) in [6, 6.07) is 0. The minimum Gasteiger partial charge on any atom is -0.394 e. The molecule has 4 aliphatic rings. The first-order valence-corrected chi connectivity index (χ1v) is 13.5. The molecule has 4 heterocycles. The maximum atomic E-state index is 10.6. The summed E-state index contributed by atoms with van der Waals surface area (Å²) in [5, 5.41) is 131. The van der Waals surface area contributed by atoms with Crippen molar-refractivity contribution in [3.63, 3.8) is 0 Å². The van der Waals surface area contributed by atoms with E-state index < -0.39 is 143 Å². The van der Waals surface area contributed by atoms with Gasteiger partial charge >= 0.3 is 0 Å². The molecule has 20 nitrogen and oxygen atoms in total. The van der Waals surface area contributed by atoms with E-state index in [1.165, 1.54) is 0 Å². The van der Waals surface area contributed by atoms with E-state index >= 15 is 0 Å². The summed E-state index contributed by atoms with van der Waals surface area (Å²) >= 11 is 0. The highest BCUT2D eigenvalue weighted by Gasteiger charge is 2.52. The molecule has 4 rings (SSSR count). The van der Waals surface area contributed by atoms with Gasteiger partial charge in [0.2, 0.25) is 0 Å². The van der Waals surface area contributed by atoms with Crippen LogP contribution in [0.15, 0.2) is 0 Å². The van der Waals surface area contributed by atoms with Gasteiger partial charge in [-0.05, 0) is 0 Å². The molecule has 0 radical (unpaired) electrons. The second kappa shape index (κ2) is 14.7. The fourth-order valence-electron chi connectivity index (χ4n) is 5.14. The Morgan fingerprint density at radius 1 is 0.488 bits per heavy atom. The number of aliphatic hydroxyl groups excluding tert-OH is 13. The highest BCUT2D eigenvalue weighted by atomic mass is 16.8. The van der Waals surface area contributed by atoms with Crippen LogP contribution >= 0.6 is 0 Å². The molecule has 4 fully saturated rings. The third-order valence-electron chi connectivity index (χ3n) is 7.79. The van der Waals surface area contributed by atoms with Crippen molar-refractivity contribution in [3.05, 3.63) is 0 Å². The summed E-state index contributed by atoms with van der Waals surface area (Å²) < 4.78 is 37.7. The SMILES string of the molecule is OC[C@H]1O[C@@H](O[C@H]2[C@@H](OC[C@H]3O[C@@H](O[C@H]4[C@H](O)[C@@H](O)[C@H](O)O[C@@H]4CO)[C@H](O)[C@@H](O)[C@@H]3O)OC[C@@H](O)[C@@H]2O)[C@H](O)[C@@H](O)[C@H]1O. The molecule has 13 N–H and O–H groups in total. The molecule has 19 atom stereocenters. The number of hydrogen-bond donors (Lipinski definition) is 13. The van der Waals surface area contributed by atoms with Crippen molar-refractivity contribution in [1.82, 2.24) is 0 Å². The number of ether oxygens (including phenoxy) is 7. The number of hydrogen-bond acceptors (Lipinski definition) is 20. The molecule has 4 aliphatic heterocycles. The second-order valence-electron chi connectivity index (χ2n) is 10.7. The summed E-state index contributed by atoms with van der Waals surface area (Å²) in [5.41, 5.74) is 0. The van der Waals surface area contributed by atoms with Crippen LogP contribution in [0.2, 0.25) is 0 Å². The van der Waals surface area contributed by atoms with Crippen molar-refractivity contribution in [2.75, 3.05) is 26.4 Å². The zero-order valence-electron chi connectivity index (χ0n) is 22.5. The van der Waals surface area contributed by atoms with E-state index in [1.54, 1.807) is 0 Å². The van der Waals surface area contributed by atoms with E-state index in [9.17, 15) is 66.4 Å². The third-order valence-corrected chi connectivity index (χ3v) is 7.79. The molecule has 0 amide bonds. The Morgan fingerprint density at radius 2 is 1.02 bits per heavy atom. The Labute approximate surface area is 243 Å². The topological polar surface area (TPSA) is 328 Å². The van der Waals surface area contributed by atoms with Gasteiger partial charge in [0.15, 0.2) is 25.2 Å². The van der Waals surface area contributed by atoms with Crippen molar-refractivity contribution in [2.45, 2.75) is 117 Å². The van der Waals surface area contributed by atoms with Crippen LogP contribution in [0.5, 0.6) is 0 Å². The fourth-order valence-corrected chi connectivity index (χ4v) is 5.14. The molecule has 0 aromatic rings. The number of aliphatic hydroxyl groups is 13. The molecule has 0 saturated carbocycles. The Morgan fingerprint density at radius 3 is 1.60 bits per heavy atom. The van der Waals surface area contributed by atoms with Crippen molar-refractivity contribution >= 4 is 0 Å². The summed E-state index contributed by atoms with van der Waals surface area (Å²) in [4.78, 5) is 0. The molecule has 4 saturated heterocycles. The Bertz CT molecular complexity index is 867. The van der Waals surface area contributed by atoms with Gasteiger partial charge in [-0.3, -0.25) is 0 Å². The maximum Gasteiger partial charge on any atom is 0.187 e. The van der Waals surface area contributed by atoms with E-state index in [0.717, 1.165) is 0 Å². The van der Waals surface area contributed by atoms with E-state index in [4.69, 9.17) is 33.2 Å². The molecule has 252 valence electrons. The monoisotopic (exact) mass is 636 g/mol. The zero-order chi connectivity index (χ0) is 31.7. The first-order chi connectivity index (χ1) is 20.3. The lowest BCUT2D eigenvalue weighted by Crippen LogP contribution is -2.65. The highest BCUT2D eigenvalue weighted by molar-refractivity contribution is 4.95. The van der Waals surface area contributed by atoms with Crippen molar-refractivity contribution < 1.29 is 99.5 Å². The lowest BCUT2D eigenvalue weighted by molar-refractivity contribution is -0.370. The lowest BCUT2D eigenvalue weighted by Gasteiger charge is -2.46. The smallest absolute Gasteiger partial charge is 0.187 e. The number of rotatable bonds is 9. The third kappa shape index (κ3) is 7.29. The average molecular weight is 637 g/mol. The van der Waals surface area contributed by atoms with Crippen LogP contribution in [-0.2, 0) is 33.2 Å². The molecule has 0 aromatic heterocycles. The molecule has 43 heavy (non-hydrogen) atoms. The molecule has 20 heteroatoms. The molecular weight excluding hydrogens is 596 g/mol. The van der Waals surface area contributed by atoms with Crippen molar-refractivity contribution in [1.29, 1.82) is 0 Å². The van der Waals surface area contributed by atoms with Crippen molar-refractivity contribution in [3.8, 4) is 0 Å². The largest absolute Gasteiger partial charge is 0.394 e. The van der Waals surface area contributed by atoms with Crippen LogP contribution in [0, 0.1) is 0 Å². The molecule has 0 unspecified atom stereocenters. The van der Waals surface area contributed by atoms with Gasteiger partial charge in [-0.25, -0.2) is 0 Å². The molecule has 0 aromatic carbocycles. The molecule has 0 aliphatic carbocycles. The lowest BCUT2D eigenvalue weighted by atomic mass is 9.97. The van der Waals surface area contributed by atoms with Gasteiger partial charge in [0.05, 0.1) is 26.4 Å². The van der Waals surface area contributed by atoms with Crippen LogP contribution in [0.1, 0.15) is 0 Å². The summed E-state index contributed by atoms with van der Waals surface area (Å²) in [7, 11) is 0. The van der Waals surface area contributed by atoms with Gasteiger partial charge in [-0.2, -0.15) is 0 Å². The van der Waals surface area contributed by atoms with Gasteiger partial charge in [0, 0.05) is 0 Å². The summed E-state index contributed by atoms with van der Waals surface area (Å²) in [6.45, 7) is -2.71. The summed E-state index contributed by atoms with van der Waals surface area (Å²) in [5.74, 6) is 0. The van der Waals surface area contributed by atoms with E-state index in [-0.39, 0.29) is 0 Å². The first-order valence-electron chi connectivity index (χ1n) is 13.5. The fraction of sp³-hybridized carbons (Fsp3) is 1.00. The minimum absolute atomic E-state index is 0.474. The van der Waals surface area contributed by atoms with Crippen molar-refractivity contribution in [2.24, 2.45) is 0 Å². The molecule has 0 spiro atoms. The highest BCUT2D eigenvalue weighted by Crippen LogP contribution is 2.31.